The average Bonchev–Trinajstić information content (AvgIpc) is 3.13. The summed E-state index contributed by atoms with van der Waals surface area (Å²) in [5, 5.41) is 8.52. The SMILES string of the molecule is CN1CCCC(N2CC(n3cc(C4CC4)nn3)C2)C1=O. The maximum absolute atomic E-state index is 12.2. The summed E-state index contributed by atoms with van der Waals surface area (Å²) in [7, 11) is 1.91. The van der Waals surface area contributed by atoms with Crippen LogP contribution in [0.4, 0.5) is 0 Å². The normalized spacial score (nSPS) is 28.8. The third kappa shape index (κ3) is 2.02. The van der Waals surface area contributed by atoms with Gasteiger partial charge in [0.05, 0.1) is 17.8 Å². The molecule has 1 amide bonds. The van der Waals surface area contributed by atoms with Crippen LogP contribution in [-0.4, -0.2) is 63.4 Å². The lowest BCUT2D eigenvalue weighted by atomic mass is 9.98. The van der Waals surface area contributed by atoms with Gasteiger partial charge in [-0.3, -0.25) is 9.69 Å². The first-order valence-corrected chi connectivity index (χ1v) is 7.63. The van der Waals surface area contributed by atoms with Crippen molar-refractivity contribution in [2.24, 2.45) is 0 Å². The molecule has 1 aromatic rings. The number of carbonyl (C=O) groups excluding carboxylic acids is 1. The number of likely N-dealkylation sites (tertiary alicyclic amines) is 2. The molecule has 6 heteroatoms. The highest BCUT2D eigenvalue weighted by Gasteiger charge is 2.40. The highest BCUT2D eigenvalue weighted by atomic mass is 16.2. The summed E-state index contributed by atoms with van der Waals surface area (Å²) in [6, 6.07) is 0.492. The van der Waals surface area contributed by atoms with Crippen molar-refractivity contribution in [3.8, 4) is 0 Å². The van der Waals surface area contributed by atoms with Gasteiger partial charge < -0.3 is 4.90 Å². The molecule has 3 aliphatic rings. The van der Waals surface area contributed by atoms with E-state index in [4.69, 9.17) is 0 Å². The van der Waals surface area contributed by atoms with Crippen LogP contribution in [0, 0.1) is 0 Å². The van der Waals surface area contributed by atoms with E-state index in [9.17, 15) is 4.79 Å². The van der Waals surface area contributed by atoms with Gasteiger partial charge in [-0.25, -0.2) is 4.68 Å². The predicted molar refractivity (Wildman–Crippen MR) is 73.3 cm³/mol. The zero-order valence-electron chi connectivity index (χ0n) is 11.9. The van der Waals surface area contributed by atoms with Gasteiger partial charge in [0.25, 0.3) is 0 Å². The van der Waals surface area contributed by atoms with Gasteiger partial charge >= 0.3 is 0 Å². The van der Waals surface area contributed by atoms with Gasteiger partial charge in [-0.2, -0.15) is 0 Å². The van der Waals surface area contributed by atoms with Crippen molar-refractivity contribution in [1.29, 1.82) is 0 Å². The van der Waals surface area contributed by atoms with Gasteiger partial charge in [0.1, 0.15) is 0 Å². The second-order valence-corrected chi connectivity index (χ2v) is 6.42. The van der Waals surface area contributed by atoms with Gasteiger partial charge in [0.15, 0.2) is 0 Å². The van der Waals surface area contributed by atoms with Crippen LogP contribution in [0.15, 0.2) is 6.20 Å². The van der Waals surface area contributed by atoms with Crippen molar-refractivity contribution >= 4 is 5.91 Å². The van der Waals surface area contributed by atoms with E-state index >= 15 is 0 Å². The Morgan fingerprint density at radius 2 is 2.05 bits per heavy atom. The smallest absolute Gasteiger partial charge is 0.239 e. The first kappa shape index (κ1) is 12.3. The van der Waals surface area contributed by atoms with E-state index < -0.39 is 0 Å². The Kier molecular flexibility index (Phi) is 2.80. The molecule has 2 saturated heterocycles. The third-order valence-corrected chi connectivity index (χ3v) is 4.86. The standard InChI is InChI=1S/C14H21N5O/c1-17-6-2-3-13(14(17)20)18-7-11(8-18)19-9-12(15-16-19)10-4-5-10/h9-11,13H,2-8H2,1H3. The molecular formula is C14H21N5O. The molecular weight excluding hydrogens is 254 g/mol. The maximum Gasteiger partial charge on any atom is 0.239 e. The van der Waals surface area contributed by atoms with E-state index in [0.717, 1.165) is 38.2 Å². The quantitative estimate of drug-likeness (QED) is 0.812. The van der Waals surface area contributed by atoms with E-state index in [0.29, 0.717) is 12.0 Å². The summed E-state index contributed by atoms with van der Waals surface area (Å²) in [6.45, 7) is 2.76. The number of nitrogens with zero attached hydrogens (tertiary/aromatic N) is 5. The number of piperidine rings is 1. The first-order chi connectivity index (χ1) is 9.72. The van der Waals surface area contributed by atoms with Gasteiger partial charge in [-0.05, 0) is 25.7 Å². The topological polar surface area (TPSA) is 54.3 Å². The van der Waals surface area contributed by atoms with Crippen molar-refractivity contribution < 1.29 is 4.79 Å². The minimum absolute atomic E-state index is 0.0939. The Balaban J connectivity index is 1.37. The second-order valence-electron chi connectivity index (χ2n) is 6.42. The zero-order valence-corrected chi connectivity index (χ0v) is 11.9. The van der Waals surface area contributed by atoms with Crippen LogP contribution in [0.3, 0.4) is 0 Å². The van der Waals surface area contributed by atoms with Crippen molar-refractivity contribution in [2.45, 2.75) is 43.7 Å². The minimum Gasteiger partial charge on any atom is -0.344 e. The van der Waals surface area contributed by atoms with E-state index in [1.54, 1.807) is 0 Å². The molecule has 1 saturated carbocycles. The van der Waals surface area contributed by atoms with E-state index in [-0.39, 0.29) is 11.9 Å². The Morgan fingerprint density at radius 1 is 1.25 bits per heavy atom. The molecule has 20 heavy (non-hydrogen) atoms. The van der Waals surface area contributed by atoms with E-state index in [1.165, 1.54) is 12.8 Å². The molecule has 4 rings (SSSR count). The van der Waals surface area contributed by atoms with Gasteiger partial charge in [0, 0.05) is 38.8 Å². The predicted octanol–water partition coefficient (Wildman–Crippen LogP) is 0.633. The summed E-state index contributed by atoms with van der Waals surface area (Å²) in [4.78, 5) is 16.3. The monoisotopic (exact) mass is 275 g/mol. The van der Waals surface area contributed by atoms with Crippen LogP contribution >= 0.6 is 0 Å². The first-order valence-electron chi connectivity index (χ1n) is 7.63. The molecule has 1 atom stereocenters. The van der Waals surface area contributed by atoms with Gasteiger partial charge in [-0.1, -0.05) is 5.21 Å². The van der Waals surface area contributed by atoms with Crippen molar-refractivity contribution in [3.63, 3.8) is 0 Å². The molecule has 0 bridgehead atoms. The molecule has 2 aliphatic heterocycles. The molecule has 1 aliphatic carbocycles. The van der Waals surface area contributed by atoms with Crippen LogP contribution in [0.5, 0.6) is 0 Å². The van der Waals surface area contributed by atoms with Crippen molar-refractivity contribution in [2.75, 3.05) is 26.7 Å². The number of hydrogen-bond donors (Lipinski definition) is 0. The number of aromatic nitrogens is 3. The summed E-state index contributed by atoms with van der Waals surface area (Å²) < 4.78 is 2.00. The Hall–Kier alpha value is -1.43. The minimum atomic E-state index is 0.0939. The van der Waals surface area contributed by atoms with E-state index in [2.05, 4.69) is 21.4 Å². The van der Waals surface area contributed by atoms with Crippen LogP contribution in [0.1, 0.15) is 43.3 Å². The van der Waals surface area contributed by atoms with Crippen molar-refractivity contribution in [3.05, 3.63) is 11.9 Å². The molecule has 3 heterocycles. The van der Waals surface area contributed by atoms with Crippen molar-refractivity contribution in [1.82, 2.24) is 24.8 Å². The summed E-state index contributed by atoms with van der Waals surface area (Å²) in [6.07, 6.45) is 6.75. The van der Waals surface area contributed by atoms with Gasteiger partial charge in [-0.15, -0.1) is 5.10 Å². The highest BCUT2D eigenvalue weighted by Crippen LogP contribution is 2.39. The Labute approximate surface area is 118 Å². The molecule has 3 fully saturated rings. The molecule has 0 aromatic carbocycles. The van der Waals surface area contributed by atoms with Crippen LogP contribution in [0.2, 0.25) is 0 Å². The van der Waals surface area contributed by atoms with E-state index in [1.807, 2.05) is 16.6 Å². The fraction of sp³-hybridized carbons (Fsp3) is 0.786. The van der Waals surface area contributed by atoms with Crippen LogP contribution in [0.25, 0.3) is 0 Å². The lowest BCUT2D eigenvalue weighted by Gasteiger charge is -2.45. The second kappa shape index (κ2) is 4.55. The maximum atomic E-state index is 12.2. The number of hydrogen-bond acceptors (Lipinski definition) is 4. The molecule has 0 spiro atoms. The molecule has 0 radical (unpaired) electrons. The number of rotatable bonds is 3. The lowest BCUT2D eigenvalue weighted by Crippen LogP contribution is -2.59. The molecule has 6 nitrogen and oxygen atoms in total. The molecule has 1 unspecified atom stereocenters. The third-order valence-electron chi connectivity index (χ3n) is 4.86. The largest absolute Gasteiger partial charge is 0.344 e. The Morgan fingerprint density at radius 3 is 2.80 bits per heavy atom. The summed E-state index contributed by atoms with van der Waals surface area (Å²) in [5.74, 6) is 0.945. The van der Waals surface area contributed by atoms with Gasteiger partial charge in [0.2, 0.25) is 5.91 Å². The number of carbonyl (C=O) groups is 1. The zero-order chi connectivity index (χ0) is 13.7. The van der Waals surface area contributed by atoms with Crippen LogP contribution < -0.4 is 0 Å². The molecule has 1 aromatic heterocycles. The number of likely N-dealkylation sites (N-methyl/N-ethyl adjacent to an activating group) is 1. The lowest BCUT2D eigenvalue weighted by molar-refractivity contribution is -0.141. The Bertz CT molecular complexity index is 517. The number of amides is 1. The summed E-state index contributed by atoms with van der Waals surface area (Å²) >= 11 is 0. The highest BCUT2D eigenvalue weighted by molar-refractivity contribution is 5.82. The fourth-order valence-corrected chi connectivity index (χ4v) is 3.29. The molecule has 0 N–H and O–H groups in total. The summed E-state index contributed by atoms with van der Waals surface area (Å²) in [5.41, 5.74) is 1.15. The average molecular weight is 275 g/mol. The van der Waals surface area contributed by atoms with Crippen LogP contribution in [-0.2, 0) is 4.79 Å². The fourth-order valence-electron chi connectivity index (χ4n) is 3.29. The molecule has 108 valence electrons.